The lowest BCUT2D eigenvalue weighted by atomic mass is 10.1. The molecular formula is C12H24N4O2. The fourth-order valence-corrected chi connectivity index (χ4v) is 1.75. The maximum Gasteiger partial charge on any atom is 0.110 e. The predicted octanol–water partition coefficient (Wildman–Crippen LogP) is 0.331. The molecule has 6 heteroatoms. The third-order valence-electron chi connectivity index (χ3n) is 2.85. The van der Waals surface area contributed by atoms with E-state index in [0.29, 0.717) is 19.8 Å². The zero-order valence-corrected chi connectivity index (χ0v) is 11.3. The van der Waals surface area contributed by atoms with Crippen molar-refractivity contribution in [3.05, 3.63) is 18.2 Å². The van der Waals surface area contributed by atoms with Gasteiger partial charge in [-0.25, -0.2) is 4.98 Å². The summed E-state index contributed by atoms with van der Waals surface area (Å²) in [4.78, 5) is 4.34. The predicted molar refractivity (Wildman–Crippen MR) is 70.0 cm³/mol. The second kappa shape index (κ2) is 9.04. The van der Waals surface area contributed by atoms with Crippen LogP contribution in [0.5, 0.6) is 0 Å². The summed E-state index contributed by atoms with van der Waals surface area (Å²) >= 11 is 0. The summed E-state index contributed by atoms with van der Waals surface area (Å²) in [6.45, 7) is 4.95. The topological polar surface area (TPSA) is 74.3 Å². The molecule has 0 spiro atoms. The van der Waals surface area contributed by atoms with E-state index < -0.39 is 0 Å². The van der Waals surface area contributed by atoms with Gasteiger partial charge in [0.1, 0.15) is 5.82 Å². The molecule has 3 N–H and O–H groups in total. The normalized spacial score (nSPS) is 12.8. The van der Waals surface area contributed by atoms with Crippen LogP contribution in [0.15, 0.2) is 12.4 Å². The van der Waals surface area contributed by atoms with Crippen molar-refractivity contribution < 1.29 is 9.47 Å². The Morgan fingerprint density at radius 1 is 1.44 bits per heavy atom. The molecule has 0 radical (unpaired) electrons. The number of methoxy groups -OCH3 is 1. The molecule has 1 aromatic heterocycles. The highest BCUT2D eigenvalue weighted by atomic mass is 16.5. The summed E-state index contributed by atoms with van der Waals surface area (Å²) in [6.07, 6.45) is 5.47. The SMILES string of the molecule is CCn1ccnc1CC(CCOCCOC)NN. The number of hydrogen-bond acceptors (Lipinski definition) is 5. The van der Waals surface area contributed by atoms with Crippen molar-refractivity contribution in [3.8, 4) is 0 Å². The van der Waals surface area contributed by atoms with Crippen molar-refractivity contribution in [2.45, 2.75) is 32.4 Å². The van der Waals surface area contributed by atoms with Gasteiger partial charge in [-0.3, -0.25) is 11.3 Å². The monoisotopic (exact) mass is 256 g/mol. The van der Waals surface area contributed by atoms with Crippen LogP contribution in [-0.2, 0) is 22.4 Å². The summed E-state index contributed by atoms with van der Waals surface area (Å²) < 4.78 is 12.5. The zero-order valence-electron chi connectivity index (χ0n) is 11.3. The van der Waals surface area contributed by atoms with E-state index >= 15 is 0 Å². The van der Waals surface area contributed by atoms with Crippen LogP contribution in [0.25, 0.3) is 0 Å². The number of nitrogens with one attached hydrogen (secondary N) is 1. The highest BCUT2D eigenvalue weighted by Gasteiger charge is 2.11. The minimum atomic E-state index is 0.181. The first-order valence-corrected chi connectivity index (χ1v) is 6.34. The molecule has 1 rings (SSSR count). The summed E-state index contributed by atoms with van der Waals surface area (Å²) in [6, 6.07) is 0.181. The van der Waals surface area contributed by atoms with Gasteiger partial charge in [-0.2, -0.15) is 0 Å². The average Bonchev–Trinajstić information content (AvgIpc) is 2.84. The first-order valence-electron chi connectivity index (χ1n) is 6.34. The summed E-state index contributed by atoms with van der Waals surface area (Å²) in [5.74, 6) is 6.61. The molecule has 1 atom stereocenters. The molecular weight excluding hydrogens is 232 g/mol. The van der Waals surface area contributed by atoms with E-state index in [4.69, 9.17) is 15.3 Å². The standard InChI is InChI=1S/C12H24N4O2/c1-3-16-6-5-14-12(16)10-11(15-13)4-7-18-9-8-17-2/h5-6,11,15H,3-4,7-10,13H2,1-2H3. The number of aromatic nitrogens is 2. The third kappa shape index (κ3) is 5.14. The second-order valence-electron chi connectivity index (χ2n) is 4.09. The zero-order chi connectivity index (χ0) is 13.2. The number of aryl methyl sites for hydroxylation is 1. The Morgan fingerprint density at radius 3 is 2.94 bits per heavy atom. The van der Waals surface area contributed by atoms with E-state index in [-0.39, 0.29) is 6.04 Å². The largest absolute Gasteiger partial charge is 0.382 e. The highest BCUT2D eigenvalue weighted by molar-refractivity contribution is 4.95. The van der Waals surface area contributed by atoms with Crippen LogP contribution < -0.4 is 11.3 Å². The molecule has 1 heterocycles. The first kappa shape index (κ1) is 15.1. The van der Waals surface area contributed by atoms with Crippen molar-refractivity contribution in [1.29, 1.82) is 0 Å². The van der Waals surface area contributed by atoms with Crippen LogP contribution in [0.1, 0.15) is 19.2 Å². The Morgan fingerprint density at radius 2 is 2.28 bits per heavy atom. The average molecular weight is 256 g/mol. The quantitative estimate of drug-likeness (QED) is 0.358. The minimum absolute atomic E-state index is 0.181. The summed E-state index contributed by atoms with van der Waals surface area (Å²) in [5.41, 5.74) is 2.82. The Hall–Kier alpha value is -0.950. The summed E-state index contributed by atoms with van der Waals surface area (Å²) in [7, 11) is 1.66. The van der Waals surface area contributed by atoms with Crippen molar-refractivity contribution >= 4 is 0 Å². The van der Waals surface area contributed by atoms with Gasteiger partial charge in [0, 0.05) is 45.1 Å². The molecule has 6 nitrogen and oxygen atoms in total. The van der Waals surface area contributed by atoms with E-state index in [2.05, 4.69) is 21.9 Å². The number of nitrogens with two attached hydrogens (primary N) is 1. The van der Waals surface area contributed by atoms with Crippen molar-refractivity contribution in [2.75, 3.05) is 26.9 Å². The third-order valence-corrected chi connectivity index (χ3v) is 2.85. The fourth-order valence-electron chi connectivity index (χ4n) is 1.75. The van der Waals surface area contributed by atoms with Gasteiger partial charge < -0.3 is 14.0 Å². The molecule has 0 fully saturated rings. The second-order valence-corrected chi connectivity index (χ2v) is 4.09. The molecule has 0 amide bonds. The van der Waals surface area contributed by atoms with Gasteiger partial charge in [-0.05, 0) is 13.3 Å². The van der Waals surface area contributed by atoms with E-state index in [1.54, 1.807) is 7.11 Å². The number of imidazole rings is 1. The molecule has 0 aliphatic rings. The Balaban J connectivity index is 2.29. The molecule has 0 bridgehead atoms. The molecule has 0 aliphatic heterocycles. The van der Waals surface area contributed by atoms with Crippen LogP contribution in [0.4, 0.5) is 0 Å². The van der Waals surface area contributed by atoms with Gasteiger partial charge in [-0.1, -0.05) is 0 Å². The smallest absolute Gasteiger partial charge is 0.110 e. The molecule has 104 valence electrons. The summed E-state index contributed by atoms with van der Waals surface area (Å²) in [5, 5.41) is 0. The van der Waals surface area contributed by atoms with Crippen molar-refractivity contribution in [3.63, 3.8) is 0 Å². The van der Waals surface area contributed by atoms with Crippen LogP contribution in [0, 0.1) is 0 Å². The molecule has 0 aromatic carbocycles. The Bertz CT molecular complexity index is 317. The van der Waals surface area contributed by atoms with E-state index in [9.17, 15) is 0 Å². The van der Waals surface area contributed by atoms with Gasteiger partial charge in [0.25, 0.3) is 0 Å². The minimum Gasteiger partial charge on any atom is -0.382 e. The number of nitrogens with zero attached hydrogens (tertiary/aromatic N) is 2. The Labute approximate surface area is 108 Å². The van der Waals surface area contributed by atoms with Gasteiger partial charge in [0.2, 0.25) is 0 Å². The van der Waals surface area contributed by atoms with Gasteiger partial charge in [0.05, 0.1) is 13.2 Å². The molecule has 1 aromatic rings. The molecule has 1 unspecified atom stereocenters. The van der Waals surface area contributed by atoms with Crippen LogP contribution in [-0.4, -0.2) is 42.5 Å². The number of ether oxygens (including phenoxy) is 2. The van der Waals surface area contributed by atoms with Crippen LogP contribution in [0.2, 0.25) is 0 Å². The van der Waals surface area contributed by atoms with Gasteiger partial charge in [0.15, 0.2) is 0 Å². The van der Waals surface area contributed by atoms with Crippen molar-refractivity contribution in [2.24, 2.45) is 5.84 Å². The lowest BCUT2D eigenvalue weighted by Gasteiger charge is -2.16. The molecule has 0 saturated heterocycles. The number of hydrogen-bond donors (Lipinski definition) is 2. The number of hydrazine groups is 1. The maximum absolute atomic E-state index is 5.55. The molecule has 18 heavy (non-hydrogen) atoms. The molecule has 0 saturated carbocycles. The number of rotatable bonds is 10. The first-order chi connectivity index (χ1) is 8.81. The van der Waals surface area contributed by atoms with Crippen molar-refractivity contribution in [1.82, 2.24) is 15.0 Å². The van der Waals surface area contributed by atoms with Gasteiger partial charge >= 0.3 is 0 Å². The highest BCUT2D eigenvalue weighted by Crippen LogP contribution is 2.04. The fraction of sp³-hybridized carbons (Fsp3) is 0.750. The molecule has 0 aliphatic carbocycles. The van der Waals surface area contributed by atoms with Crippen LogP contribution in [0.3, 0.4) is 0 Å². The van der Waals surface area contributed by atoms with Crippen LogP contribution >= 0.6 is 0 Å². The van der Waals surface area contributed by atoms with Gasteiger partial charge in [-0.15, -0.1) is 0 Å². The van der Waals surface area contributed by atoms with E-state index in [0.717, 1.165) is 25.2 Å². The lowest BCUT2D eigenvalue weighted by molar-refractivity contribution is 0.0657. The van der Waals surface area contributed by atoms with E-state index in [1.807, 2.05) is 12.4 Å². The Kier molecular flexibility index (Phi) is 7.59. The maximum atomic E-state index is 5.55. The van der Waals surface area contributed by atoms with E-state index in [1.165, 1.54) is 0 Å². The lowest BCUT2D eigenvalue weighted by Crippen LogP contribution is -2.38.